The Bertz CT molecular complexity index is 633. The van der Waals surface area contributed by atoms with Crippen LogP contribution in [0.2, 0.25) is 0 Å². The number of anilines is 1. The number of carbonyl (C=O) groups is 1. The lowest BCUT2D eigenvalue weighted by Crippen LogP contribution is -2.43. The zero-order valence-corrected chi connectivity index (χ0v) is 11.9. The van der Waals surface area contributed by atoms with E-state index in [0.717, 1.165) is 18.7 Å². The fourth-order valence-electron chi connectivity index (χ4n) is 2.19. The molecule has 0 saturated carbocycles. The van der Waals surface area contributed by atoms with Crippen molar-refractivity contribution in [2.45, 2.75) is 45.2 Å². The van der Waals surface area contributed by atoms with Crippen LogP contribution in [0.3, 0.4) is 0 Å². The molecular formula is C12H17N7O2. The summed E-state index contributed by atoms with van der Waals surface area (Å²) in [5.74, 6) is 1.67. The number of nitrogens with one attached hydrogen (secondary N) is 2. The molecule has 21 heavy (non-hydrogen) atoms. The molecule has 0 saturated heterocycles. The van der Waals surface area contributed by atoms with E-state index in [0.29, 0.717) is 12.4 Å². The number of rotatable bonds is 3. The van der Waals surface area contributed by atoms with Crippen molar-refractivity contribution in [1.29, 1.82) is 0 Å². The number of carbonyl (C=O) groups excluding carboxylic acids is 1. The molecule has 2 aromatic rings. The van der Waals surface area contributed by atoms with E-state index in [1.165, 1.54) is 6.33 Å². The molecule has 0 radical (unpaired) electrons. The van der Waals surface area contributed by atoms with Crippen molar-refractivity contribution in [3.8, 4) is 0 Å². The highest BCUT2D eigenvalue weighted by Crippen LogP contribution is 2.13. The molecule has 0 bridgehead atoms. The van der Waals surface area contributed by atoms with E-state index >= 15 is 0 Å². The number of urea groups is 1. The molecule has 3 heterocycles. The predicted molar refractivity (Wildman–Crippen MR) is 72.7 cm³/mol. The molecule has 1 aliphatic heterocycles. The van der Waals surface area contributed by atoms with Crippen LogP contribution in [0, 0.1) is 0 Å². The summed E-state index contributed by atoms with van der Waals surface area (Å²) < 4.78 is 6.77. The fourth-order valence-corrected chi connectivity index (χ4v) is 2.19. The minimum atomic E-state index is -0.359. The van der Waals surface area contributed by atoms with Crippen molar-refractivity contribution in [3.63, 3.8) is 0 Å². The number of fused-ring (bicyclic) bond motifs is 1. The maximum absolute atomic E-state index is 11.9. The van der Waals surface area contributed by atoms with Crippen molar-refractivity contribution < 1.29 is 9.32 Å². The third-order valence-electron chi connectivity index (χ3n) is 3.32. The van der Waals surface area contributed by atoms with Crippen molar-refractivity contribution >= 4 is 12.0 Å². The largest absolute Gasteiger partial charge is 0.333 e. The molecular weight excluding hydrogens is 274 g/mol. The van der Waals surface area contributed by atoms with Crippen molar-refractivity contribution in [2.24, 2.45) is 0 Å². The summed E-state index contributed by atoms with van der Waals surface area (Å²) in [4.78, 5) is 20.2. The average molecular weight is 291 g/mol. The van der Waals surface area contributed by atoms with E-state index < -0.39 is 0 Å². The Morgan fingerprint density at radius 1 is 1.52 bits per heavy atom. The van der Waals surface area contributed by atoms with Crippen LogP contribution in [-0.4, -0.2) is 37.0 Å². The van der Waals surface area contributed by atoms with Gasteiger partial charge in [0.25, 0.3) is 0 Å². The number of hydrogen-bond acceptors (Lipinski definition) is 6. The summed E-state index contributed by atoms with van der Waals surface area (Å²) in [6.07, 6.45) is 3.15. The minimum absolute atomic E-state index is 0.00619. The Labute approximate surface area is 121 Å². The molecule has 9 heteroatoms. The van der Waals surface area contributed by atoms with Crippen molar-refractivity contribution in [3.05, 3.63) is 18.0 Å². The molecule has 2 amide bonds. The highest BCUT2D eigenvalue weighted by atomic mass is 16.5. The average Bonchev–Trinajstić information content (AvgIpc) is 3.06. The zero-order valence-electron chi connectivity index (χ0n) is 11.9. The van der Waals surface area contributed by atoms with Crippen LogP contribution in [0.15, 0.2) is 10.9 Å². The summed E-state index contributed by atoms with van der Waals surface area (Å²) in [6, 6.07) is -0.248. The van der Waals surface area contributed by atoms with Gasteiger partial charge in [-0.1, -0.05) is 19.0 Å². The van der Waals surface area contributed by atoms with Crippen LogP contribution >= 0.6 is 0 Å². The van der Waals surface area contributed by atoms with Crippen LogP contribution in [-0.2, 0) is 13.0 Å². The van der Waals surface area contributed by atoms with Crippen LogP contribution in [0.4, 0.5) is 10.8 Å². The Kier molecular flexibility index (Phi) is 3.55. The summed E-state index contributed by atoms with van der Waals surface area (Å²) in [7, 11) is 0. The number of aromatic nitrogens is 5. The summed E-state index contributed by atoms with van der Waals surface area (Å²) in [6.45, 7) is 4.52. The first-order chi connectivity index (χ1) is 10.1. The van der Waals surface area contributed by atoms with Gasteiger partial charge in [-0.05, 0) is 6.42 Å². The first-order valence-electron chi connectivity index (χ1n) is 6.89. The standard InChI is InChI=1S/C12H17N7O2/c1-7(2)10-16-12(21-18-10)17-11(20)15-8-3-4-9-13-6-14-19(9)5-8/h6-8H,3-5H2,1-2H3,(H2,15,16,17,18,20). The summed E-state index contributed by atoms with van der Waals surface area (Å²) in [5.41, 5.74) is 0. The zero-order chi connectivity index (χ0) is 14.8. The van der Waals surface area contributed by atoms with Gasteiger partial charge in [0.05, 0.1) is 12.6 Å². The van der Waals surface area contributed by atoms with Crippen LogP contribution in [0.1, 0.15) is 37.8 Å². The van der Waals surface area contributed by atoms with Gasteiger partial charge in [-0.2, -0.15) is 10.1 Å². The first kappa shape index (κ1) is 13.5. The van der Waals surface area contributed by atoms with Gasteiger partial charge in [-0.15, -0.1) is 0 Å². The second-order valence-electron chi connectivity index (χ2n) is 5.30. The molecule has 3 rings (SSSR count). The van der Waals surface area contributed by atoms with Gasteiger partial charge in [0.1, 0.15) is 12.2 Å². The molecule has 1 aliphatic rings. The molecule has 0 aliphatic carbocycles. The lowest BCUT2D eigenvalue weighted by atomic mass is 10.1. The second kappa shape index (κ2) is 5.51. The highest BCUT2D eigenvalue weighted by molar-refractivity contribution is 5.87. The third-order valence-corrected chi connectivity index (χ3v) is 3.32. The van der Waals surface area contributed by atoms with E-state index in [4.69, 9.17) is 4.52 Å². The Morgan fingerprint density at radius 3 is 3.14 bits per heavy atom. The summed E-state index contributed by atoms with van der Waals surface area (Å²) >= 11 is 0. The SMILES string of the molecule is CC(C)c1noc(NC(=O)NC2CCc3ncnn3C2)n1. The Hall–Kier alpha value is -2.45. The van der Waals surface area contributed by atoms with E-state index in [1.807, 2.05) is 13.8 Å². The van der Waals surface area contributed by atoms with E-state index in [9.17, 15) is 4.79 Å². The monoisotopic (exact) mass is 291 g/mol. The van der Waals surface area contributed by atoms with E-state index in [-0.39, 0.29) is 24.0 Å². The highest BCUT2D eigenvalue weighted by Gasteiger charge is 2.22. The molecule has 0 fully saturated rings. The molecule has 1 unspecified atom stereocenters. The number of aryl methyl sites for hydroxylation is 1. The van der Waals surface area contributed by atoms with Gasteiger partial charge in [-0.3, -0.25) is 5.32 Å². The molecule has 1 atom stereocenters. The van der Waals surface area contributed by atoms with Gasteiger partial charge in [0.15, 0.2) is 5.82 Å². The van der Waals surface area contributed by atoms with Gasteiger partial charge in [0, 0.05) is 12.3 Å². The lowest BCUT2D eigenvalue weighted by Gasteiger charge is -2.23. The van der Waals surface area contributed by atoms with Gasteiger partial charge >= 0.3 is 12.0 Å². The van der Waals surface area contributed by atoms with Crippen LogP contribution in [0.25, 0.3) is 0 Å². The molecule has 0 spiro atoms. The topological polar surface area (TPSA) is 111 Å². The van der Waals surface area contributed by atoms with Crippen molar-refractivity contribution in [2.75, 3.05) is 5.32 Å². The summed E-state index contributed by atoms with van der Waals surface area (Å²) in [5, 5.41) is 13.3. The van der Waals surface area contributed by atoms with Crippen LogP contribution < -0.4 is 10.6 Å². The van der Waals surface area contributed by atoms with Crippen LogP contribution in [0.5, 0.6) is 0 Å². The fraction of sp³-hybridized carbons (Fsp3) is 0.583. The lowest BCUT2D eigenvalue weighted by molar-refractivity contribution is 0.242. The Morgan fingerprint density at radius 2 is 2.38 bits per heavy atom. The van der Waals surface area contributed by atoms with Gasteiger partial charge in [0.2, 0.25) is 0 Å². The first-order valence-corrected chi connectivity index (χ1v) is 6.89. The molecule has 112 valence electrons. The maximum Gasteiger partial charge on any atom is 0.329 e. The second-order valence-corrected chi connectivity index (χ2v) is 5.30. The maximum atomic E-state index is 11.9. The normalized spacial score (nSPS) is 17.6. The molecule has 2 aromatic heterocycles. The number of amides is 2. The third kappa shape index (κ3) is 3.01. The van der Waals surface area contributed by atoms with Crippen molar-refractivity contribution in [1.82, 2.24) is 30.2 Å². The number of hydrogen-bond donors (Lipinski definition) is 2. The quantitative estimate of drug-likeness (QED) is 0.870. The number of nitrogens with zero attached hydrogens (tertiary/aromatic N) is 5. The predicted octanol–water partition coefficient (Wildman–Crippen LogP) is 0.921. The van der Waals surface area contributed by atoms with Gasteiger partial charge in [-0.25, -0.2) is 14.5 Å². The van der Waals surface area contributed by atoms with E-state index in [2.05, 4.69) is 30.9 Å². The van der Waals surface area contributed by atoms with Gasteiger partial charge < -0.3 is 9.84 Å². The van der Waals surface area contributed by atoms with E-state index in [1.54, 1.807) is 4.68 Å². The minimum Gasteiger partial charge on any atom is -0.333 e. The molecule has 9 nitrogen and oxygen atoms in total. The molecule has 2 N–H and O–H groups in total. The smallest absolute Gasteiger partial charge is 0.329 e. The Balaban J connectivity index is 1.55. The molecule has 0 aromatic carbocycles.